The van der Waals surface area contributed by atoms with Crippen LogP contribution in [-0.2, 0) is 16.1 Å². The normalized spacial score (nSPS) is 17.4. The van der Waals surface area contributed by atoms with Gasteiger partial charge >= 0.3 is 0 Å². The van der Waals surface area contributed by atoms with Gasteiger partial charge in [-0.3, -0.25) is 14.6 Å². The fraction of sp³-hybridized carbons (Fsp3) is 0.222. The minimum Gasteiger partial charge on any atom is -0.507 e. The number of rotatable bonds is 7. The zero-order valence-electron chi connectivity index (χ0n) is 18.9. The summed E-state index contributed by atoms with van der Waals surface area (Å²) in [5, 5.41) is 11.1. The van der Waals surface area contributed by atoms with E-state index >= 15 is 0 Å². The van der Waals surface area contributed by atoms with E-state index in [2.05, 4.69) is 4.98 Å². The molecule has 0 spiro atoms. The molecule has 34 heavy (non-hydrogen) atoms. The molecule has 1 fully saturated rings. The van der Waals surface area contributed by atoms with Gasteiger partial charge in [0.15, 0.2) is 0 Å². The third-order valence-electron chi connectivity index (χ3n) is 5.53. The number of ether oxygens (including phenoxy) is 1. The van der Waals surface area contributed by atoms with Crippen molar-refractivity contribution >= 4 is 17.4 Å². The number of Topliss-reactive ketones (excluding diaryl/α,β-unsaturated/α-hetero) is 1. The van der Waals surface area contributed by atoms with Crippen LogP contribution in [0.1, 0.15) is 36.6 Å². The number of amides is 1. The molecule has 0 bridgehead atoms. The molecule has 174 valence electrons. The predicted molar refractivity (Wildman–Crippen MR) is 125 cm³/mol. The average molecular weight is 461 g/mol. The summed E-state index contributed by atoms with van der Waals surface area (Å²) < 4.78 is 20.5. The molecule has 7 heteroatoms. The number of pyridine rings is 1. The molecule has 0 radical (unpaired) electrons. The molecule has 2 aromatic carbocycles. The Balaban J connectivity index is 1.77. The molecule has 0 saturated carbocycles. The smallest absolute Gasteiger partial charge is 0.295 e. The fourth-order valence-electron chi connectivity index (χ4n) is 3.88. The highest BCUT2D eigenvalue weighted by Crippen LogP contribution is 2.41. The Bertz CT molecular complexity index is 1220. The molecule has 2 heterocycles. The molecule has 1 aliphatic rings. The zero-order chi connectivity index (χ0) is 24.2. The predicted octanol–water partition coefficient (Wildman–Crippen LogP) is 4.88. The molecule has 1 aromatic heterocycles. The number of ketones is 1. The average Bonchev–Trinajstić information content (AvgIpc) is 3.08. The number of aromatic nitrogens is 1. The molecule has 6 nitrogen and oxygen atoms in total. The van der Waals surface area contributed by atoms with Gasteiger partial charge in [-0.2, -0.15) is 0 Å². The monoisotopic (exact) mass is 460 g/mol. The van der Waals surface area contributed by atoms with Crippen molar-refractivity contribution in [2.75, 3.05) is 6.61 Å². The Morgan fingerprint density at radius 3 is 2.47 bits per heavy atom. The number of carbonyl (C=O) groups is 2. The summed E-state index contributed by atoms with van der Waals surface area (Å²) in [6, 6.07) is 14.9. The number of aliphatic hydroxyl groups is 1. The van der Waals surface area contributed by atoms with E-state index in [1.807, 2.05) is 13.8 Å². The molecule has 1 unspecified atom stereocenters. The van der Waals surface area contributed by atoms with E-state index in [4.69, 9.17) is 4.74 Å². The molecule has 4 rings (SSSR count). The van der Waals surface area contributed by atoms with E-state index in [9.17, 15) is 19.1 Å². The maximum atomic E-state index is 14.9. The first-order valence-electron chi connectivity index (χ1n) is 11.0. The Labute approximate surface area is 197 Å². The second kappa shape index (κ2) is 9.87. The number of benzene rings is 2. The van der Waals surface area contributed by atoms with Crippen molar-refractivity contribution in [1.29, 1.82) is 0 Å². The van der Waals surface area contributed by atoms with E-state index in [0.29, 0.717) is 29.4 Å². The molecule has 1 atom stereocenters. The second-order valence-corrected chi connectivity index (χ2v) is 8.54. The number of carbonyl (C=O) groups excluding carboxylic acids is 2. The van der Waals surface area contributed by atoms with Crippen molar-refractivity contribution in [2.45, 2.75) is 26.4 Å². The Morgan fingerprint density at radius 1 is 1.09 bits per heavy atom. The summed E-state index contributed by atoms with van der Waals surface area (Å²) >= 11 is 0. The largest absolute Gasteiger partial charge is 0.507 e. The lowest BCUT2D eigenvalue weighted by Gasteiger charge is -2.25. The highest BCUT2D eigenvalue weighted by Gasteiger charge is 2.46. The van der Waals surface area contributed by atoms with Crippen LogP contribution >= 0.6 is 0 Å². The van der Waals surface area contributed by atoms with Gasteiger partial charge in [-0.25, -0.2) is 4.39 Å². The van der Waals surface area contributed by atoms with Crippen LogP contribution in [0.15, 0.2) is 78.6 Å². The lowest BCUT2D eigenvalue weighted by atomic mass is 9.94. The summed E-state index contributed by atoms with van der Waals surface area (Å²) in [6.45, 7) is 4.65. The number of nitrogens with zero attached hydrogens (tertiary/aromatic N) is 2. The number of aliphatic hydroxyl groups excluding tert-OH is 1. The Hall–Kier alpha value is -4.00. The molecule has 1 amide bonds. The highest BCUT2D eigenvalue weighted by molar-refractivity contribution is 6.46. The van der Waals surface area contributed by atoms with Crippen molar-refractivity contribution in [3.63, 3.8) is 0 Å². The van der Waals surface area contributed by atoms with Gasteiger partial charge < -0.3 is 14.7 Å². The molecule has 1 N–H and O–H groups in total. The lowest BCUT2D eigenvalue weighted by Crippen LogP contribution is -2.29. The van der Waals surface area contributed by atoms with E-state index < -0.39 is 23.5 Å². The van der Waals surface area contributed by atoms with Crippen LogP contribution < -0.4 is 4.74 Å². The lowest BCUT2D eigenvalue weighted by molar-refractivity contribution is -0.140. The maximum Gasteiger partial charge on any atom is 0.295 e. The highest BCUT2D eigenvalue weighted by atomic mass is 19.1. The topological polar surface area (TPSA) is 79.7 Å². The number of likely N-dealkylation sites (tertiary alicyclic amines) is 1. The van der Waals surface area contributed by atoms with Crippen molar-refractivity contribution < 1.29 is 23.8 Å². The van der Waals surface area contributed by atoms with Crippen molar-refractivity contribution in [3.8, 4) is 5.75 Å². The first kappa shape index (κ1) is 23.2. The van der Waals surface area contributed by atoms with Crippen LogP contribution in [0.5, 0.6) is 5.75 Å². The Morgan fingerprint density at radius 2 is 1.82 bits per heavy atom. The molecular weight excluding hydrogens is 435 g/mol. The number of hydrogen-bond acceptors (Lipinski definition) is 5. The first-order chi connectivity index (χ1) is 16.4. The van der Waals surface area contributed by atoms with E-state index in [0.717, 1.165) is 0 Å². The van der Waals surface area contributed by atoms with E-state index in [-0.39, 0.29) is 23.4 Å². The van der Waals surface area contributed by atoms with Crippen LogP contribution in [-0.4, -0.2) is 33.3 Å². The first-order valence-corrected chi connectivity index (χ1v) is 11.0. The zero-order valence-corrected chi connectivity index (χ0v) is 18.9. The molecule has 1 saturated heterocycles. The van der Waals surface area contributed by atoms with Crippen LogP contribution in [0, 0.1) is 11.7 Å². The van der Waals surface area contributed by atoms with Crippen LogP contribution in [0.3, 0.4) is 0 Å². The van der Waals surface area contributed by atoms with Gasteiger partial charge in [0, 0.05) is 30.1 Å². The van der Waals surface area contributed by atoms with E-state index in [1.165, 1.54) is 23.1 Å². The second-order valence-electron chi connectivity index (χ2n) is 8.54. The molecular formula is C27H25FN2O4. The molecule has 1 aliphatic heterocycles. The maximum absolute atomic E-state index is 14.9. The van der Waals surface area contributed by atoms with Crippen molar-refractivity contribution in [2.24, 2.45) is 5.92 Å². The van der Waals surface area contributed by atoms with Crippen molar-refractivity contribution in [1.82, 2.24) is 9.88 Å². The quantitative estimate of drug-likeness (QED) is 0.309. The molecule has 3 aromatic rings. The minimum atomic E-state index is -1.08. The van der Waals surface area contributed by atoms with Gasteiger partial charge in [0.05, 0.1) is 18.2 Å². The summed E-state index contributed by atoms with van der Waals surface area (Å²) in [4.78, 5) is 31.4. The third-order valence-corrected chi connectivity index (χ3v) is 5.53. The summed E-state index contributed by atoms with van der Waals surface area (Å²) in [7, 11) is 0. The summed E-state index contributed by atoms with van der Waals surface area (Å²) in [6.07, 6.45) is 3.17. The van der Waals surface area contributed by atoms with Crippen molar-refractivity contribution in [3.05, 3.63) is 101 Å². The summed E-state index contributed by atoms with van der Waals surface area (Å²) in [5.74, 6) is -1.65. The standard InChI is InChI=1S/C27H25FN2O4/c1-17(2)16-34-20-11-9-19(10-12-20)25(31)23-24(21-7-3-4-8-22(21)28)30(27(33)26(23)32)15-18-6-5-13-29-14-18/h3-14,17,24,31H,15-16H2,1-2H3/b25-23-. The van der Waals surface area contributed by atoms with Gasteiger partial charge in [-0.05, 0) is 47.9 Å². The minimum absolute atomic E-state index is 0.0379. The van der Waals surface area contributed by atoms with Gasteiger partial charge in [-0.15, -0.1) is 0 Å². The van der Waals surface area contributed by atoms with Crippen LogP contribution in [0.25, 0.3) is 5.76 Å². The SMILES string of the molecule is CC(C)COc1ccc(/C(O)=C2/C(=O)C(=O)N(Cc3cccnc3)C2c2ccccc2F)cc1. The summed E-state index contributed by atoms with van der Waals surface area (Å²) in [5.41, 5.74) is 0.980. The third kappa shape index (κ3) is 4.69. The number of halogens is 1. The van der Waals surface area contributed by atoms with E-state index in [1.54, 1.807) is 54.9 Å². The van der Waals surface area contributed by atoms with Gasteiger partial charge in [0.25, 0.3) is 11.7 Å². The van der Waals surface area contributed by atoms with Gasteiger partial charge in [0.2, 0.25) is 0 Å². The molecule has 0 aliphatic carbocycles. The van der Waals surface area contributed by atoms with Crippen LogP contribution in [0.2, 0.25) is 0 Å². The van der Waals surface area contributed by atoms with Gasteiger partial charge in [-0.1, -0.05) is 38.1 Å². The van der Waals surface area contributed by atoms with Crippen LogP contribution in [0.4, 0.5) is 4.39 Å². The fourth-order valence-corrected chi connectivity index (χ4v) is 3.88. The Kier molecular flexibility index (Phi) is 6.72. The number of hydrogen-bond donors (Lipinski definition) is 1. The van der Waals surface area contributed by atoms with Gasteiger partial charge in [0.1, 0.15) is 17.3 Å².